The fourth-order valence-corrected chi connectivity index (χ4v) is 1.13. The third-order valence-corrected chi connectivity index (χ3v) is 1.72. The quantitative estimate of drug-likeness (QED) is 0.676. The third-order valence-electron chi connectivity index (χ3n) is 1.72. The number of pyridine rings is 1. The molecule has 0 unspecified atom stereocenters. The van der Waals surface area contributed by atoms with E-state index in [9.17, 15) is 0 Å². The van der Waals surface area contributed by atoms with E-state index in [-0.39, 0.29) is 41.3 Å². The van der Waals surface area contributed by atoms with Gasteiger partial charge < -0.3 is 0 Å². The zero-order valence-electron chi connectivity index (χ0n) is 6.91. The summed E-state index contributed by atoms with van der Waals surface area (Å²) in [6.07, 6.45) is 3.55. The molecule has 0 fully saturated rings. The van der Waals surface area contributed by atoms with Crippen molar-refractivity contribution in [2.75, 3.05) is 0 Å². The summed E-state index contributed by atoms with van der Waals surface area (Å²) in [6, 6.07) is 9.33. The van der Waals surface area contributed by atoms with Crippen LogP contribution in [0.2, 0.25) is 0 Å². The van der Waals surface area contributed by atoms with E-state index in [1.807, 2.05) is 6.20 Å². The van der Waals surface area contributed by atoms with Gasteiger partial charge in [-0.1, -0.05) is 13.0 Å². The molecule has 0 N–H and O–H groups in total. The van der Waals surface area contributed by atoms with Gasteiger partial charge in [-0.25, -0.2) is 0 Å². The van der Waals surface area contributed by atoms with Crippen LogP contribution in [0.1, 0.15) is 5.56 Å². The Labute approximate surface area is 105 Å². The average molecular weight is 283 g/mol. The Kier molecular flexibility index (Phi) is 3.60. The van der Waals surface area contributed by atoms with E-state index in [4.69, 9.17) is 0 Å². The van der Waals surface area contributed by atoms with Crippen LogP contribution in [0.25, 0.3) is 10.8 Å². The summed E-state index contributed by atoms with van der Waals surface area (Å²) in [6.45, 7) is 2.08. The zero-order chi connectivity index (χ0) is 7.68. The minimum atomic E-state index is 0. The fraction of sp³-hybridized carbons (Fsp3) is 0.100. The number of aromatic nitrogens is 1. The van der Waals surface area contributed by atoms with Gasteiger partial charge in [0.15, 0.2) is 0 Å². The van der Waals surface area contributed by atoms with Gasteiger partial charge in [-0.05, 0) is 12.4 Å². The molecular weight excluding hydrogens is 275 g/mol. The van der Waals surface area contributed by atoms with Gasteiger partial charge in [0.25, 0.3) is 0 Å². The van der Waals surface area contributed by atoms with Crippen LogP contribution in [0, 0.1) is 54.3 Å². The molecule has 0 amide bonds. The number of fused-ring (bicyclic) bond motifs is 1. The predicted octanol–water partition coefficient (Wildman–Crippen LogP) is 2.34. The number of nitrogens with zero attached hydrogens (tertiary/aromatic N) is 1. The Bertz CT molecular complexity index is 384. The molecule has 0 saturated heterocycles. The van der Waals surface area contributed by atoms with Crippen molar-refractivity contribution < 1.29 is 41.3 Å². The van der Waals surface area contributed by atoms with E-state index in [2.05, 4.69) is 36.2 Å². The van der Waals surface area contributed by atoms with Crippen LogP contribution < -0.4 is 0 Å². The Balaban J connectivity index is 0.000000720. The van der Waals surface area contributed by atoms with Crippen LogP contribution in [0.5, 0.6) is 0 Å². The second-order valence-corrected chi connectivity index (χ2v) is 2.64. The first kappa shape index (κ1) is 10.1. The van der Waals surface area contributed by atoms with Crippen molar-refractivity contribution in [2.45, 2.75) is 6.92 Å². The van der Waals surface area contributed by atoms with E-state index in [1.54, 1.807) is 6.20 Å². The molecule has 12 heavy (non-hydrogen) atoms. The van der Waals surface area contributed by atoms with Gasteiger partial charge in [-0.3, -0.25) is 4.98 Å². The van der Waals surface area contributed by atoms with Crippen molar-refractivity contribution in [1.82, 2.24) is 4.98 Å². The molecule has 57 valence electrons. The molecule has 0 aliphatic carbocycles. The minimum Gasteiger partial charge on any atom is -0.291 e. The van der Waals surface area contributed by atoms with Crippen molar-refractivity contribution in [2.24, 2.45) is 0 Å². The maximum absolute atomic E-state index is 3.99. The zero-order valence-corrected chi connectivity index (χ0v) is 10.6. The Hall–Kier alpha value is -0.00636. The molecule has 2 rings (SSSR count). The van der Waals surface area contributed by atoms with E-state index in [0.29, 0.717) is 0 Å². The largest absolute Gasteiger partial charge is 0.291 e. The van der Waals surface area contributed by atoms with Crippen LogP contribution in [0.15, 0.2) is 30.6 Å². The monoisotopic (exact) mass is 283 g/mol. The molecule has 1 aromatic heterocycles. The second-order valence-electron chi connectivity index (χ2n) is 2.64. The van der Waals surface area contributed by atoms with Crippen LogP contribution in [0.3, 0.4) is 0 Å². The average Bonchev–Trinajstić information content (AvgIpc) is 2.04. The third kappa shape index (κ3) is 2.02. The van der Waals surface area contributed by atoms with Gasteiger partial charge in [-0.2, -0.15) is 17.5 Å². The SMILES string of the molecule is Cc1ccc2cnc[c-]c2c1.[Pr]. The first-order valence-corrected chi connectivity index (χ1v) is 3.58. The summed E-state index contributed by atoms with van der Waals surface area (Å²) in [4.78, 5) is 3.99. The molecule has 1 radical (unpaired) electrons. The van der Waals surface area contributed by atoms with E-state index >= 15 is 0 Å². The molecule has 0 bridgehead atoms. The first-order valence-electron chi connectivity index (χ1n) is 3.58. The maximum atomic E-state index is 3.99. The molecule has 0 spiro atoms. The number of rotatable bonds is 0. The minimum absolute atomic E-state index is 0. The standard InChI is InChI=1S/C10H8N.Pr/c1-8-2-3-10-7-11-5-4-9(10)6-8;/h2-3,5-7H,1H3;/q-1;. The summed E-state index contributed by atoms with van der Waals surface area (Å²) >= 11 is 0. The molecule has 0 atom stereocenters. The number of benzene rings is 1. The molecular formula is C10H8NPr-. The molecule has 1 nitrogen and oxygen atoms in total. The van der Waals surface area contributed by atoms with Crippen LogP contribution in [0.4, 0.5) is 0 Å². The van der Waals surface area contributed by atoms with Gasteiger partial charge in [-0.15, -0.1) is 17.0 Å². The first-order chi connectivity index (χ1) is 5.36. The van der Waals surface area contributed by atoms with E-state index in [1.165, 1.54) is 5.56 Å². The maximum Gasteiger partial charge on any atom is 0 e. The second kappa shape index (κ2) is 4.29. The summed E-state index contributed by atoms with van der Waals surface area (Å²) < 4.78 is 0. The van der Waals surface area contributed by atoms with Gasteiger partial charge >= 0.3 is 0 Å². The molecule has 2 aromatic rings. The molecule has 0 saturated carbocycles. The molecule has 0 aliphatic rings. The molecule has 0 aliphatic heterocycles. The number of hydrogen-bond donors (Lipinski definition) is 0. The van der Waals surface area contributed by atoms with Gasteiger partial charge in [0, 0.05) is 41.3 Å². The normalized spacial score (nSPS) is 9.42. The van der Waals surface area contributed by atoms with E-state index < -0.39 is 0 Å². The van der Waals surface area contributed by atoms with Gasteiger partial charge in [0.05, 0.1) is 0 Å². The van der Waals surface area contributed by atoms with Crippen LogP contribution in [-0.4, -0.2) is 4.98 Å². The molecule has 1 aromatic carbocycles. The predicted molar refractivity (Wildman–Crippen MR) is 45.3 cm³/mol. The van der Waals surface area contributed by atoms with Crippen molar-refractivity contribution in [3.05, 3.63) is 42.2 Å². The summed E-state index contributed by atoms with van der Waals surface area (Å²) in [5.41, 5.74) is 1.26. The van der Waals surface area contributed by atoms with Crippen molar-refractivity contribution in [1.29, 1.82) is 0 Å². The number of hydrogen-bond acceptors (Lipinski definition) is 1. The van der Waals surface area contributed by atoms with Crippen LogP contribution in [-0.2, 0) is 0 Å². The molecule has 2 heteroatoms. The number of aryl methyl sites for hydroxylation is 1. The van der Waals surface area contributed by atoms with Crippen molar-refractivity contribution >= 4 is 10.8 Å². The van der Waals surface area contributed by atoms with Crippen molar-refractivity contribution in [3.8, 4) is 0 Å². The summed E-state index contributed by atoms with van der Waals surface area (Å²) in [7, 11) is 0. The molecule has 1 heterocycles. The van der Waals surface area contributed by atoms with E-state index in [0.717, 1.165) is 10.8 Å². The van der Waals surface area contributed by atoms with Gasteiger partial charge in [0.2, 0.25) is 0 Å². The fourth-order valence-electron chi connectivity index (χ4n) is 1.13. The van der Waals surface area contributed by atoms with Crippen molar-refractivity contribution in [3.63, 3.8) is 0 Å². The smallest absolute Gasteiger partial charge is 0 e. The summed E-state index contributed by atoms with van der Waals surface area (Å²) in [5, 5.41) is 2.29. The van der Waals surface area contributed by atoms with Gasteiger partial charge in [0.1, 0.15) is 0 Å². The summed E-state index contributed by atoms with van der Waals surface area (Å²) in [5.74, 6) is 0. The van der Waals surface area contributed by atoms with Crippen LogP contribution >= 0.6 is 0 Å². The Morgan fingerprint density at radius 2 is 2.17 bits per heavy atom. The Morgan fingerprint density at radius 1 is 1.33 bits per heavy atom. The Morgan fingerprint density at radius 3 is 3.00 bits per heavy atom. The topological polar surface area (TPSA) is 12.9 Å².